The molecule has 0 atom stereocenters. The van der Waals surface area contributed by atoms with Gasteiger partial charge in [0.15, 0.2) is 0 Å². The van der Waals surface area contributed by atoms with Gasteiger partial charge in [0.1, 0.15) is 0 Å². The third-order valence-electron chi connectivity index (χ3n) is 2.92. The van der Waals surface area contributed by atoms with Crippen LogP contribution in [0.1, 0.15) is 18.1 Å². The Kier molecular flexibility index (Phi) is 5.40. The molecule has 4 N–H and O–H groups in total. The van der Waals surface area contributed by atoms with Gasteiger partial charge in [-0.15, -0.1) is 5.10 Å². The average Bonchev–Trinajstić information content (AvgIpc) is 2.54. The number of carbonyl (C=O) groups is 1. The summed E-state index contributed by atoms with van der Waals surface area (Å²) in [6.07, 6.45) is 2.47. The molecule has 0 unspecified atom stereocenters. The van der Waals surface area contributed by atoms with Crippen LogP contribution in [0.15, 0.2) is 39.0 Å². The number of hydrogen-bond acceptors (Lipinski definition) is 6. The van der Waals surface area contributed by atoms with E-state index in [2.05, 4.69) is 33.0 Å². The number of aromatic amines is 2. The number of aryl methyl sites for hydroxylation is 1. The van der Waals surface area contributed by atoms with E-state index < -0.39 is 17.2 Å². The molecule has 1 aromatic carbocycles. The largest absolute Gasteiger partial charge is 0.355 e. The Morgan fingerprint density at radius 3 is 2.70 bits per heavy atom. The molecule has 0 aliphatic heterocycles. The van der Waals surface area contributed by atoms with Crippen LogP contribution in [-0.2, 0) is 11.2 Å². The minimum Gasteiger partial charge on any atom is -0.355 e. The fraction of sp³-hybridized carbons (Fsp3) is 0.214. The first kappa shape index (κ1) is 16.1. The van der Waals surface area contributed by atoms with E-state index in [0.29, 0.717) is 0 Å². The summed E-state index contributed by atoms with van der Waals surface area (Å²) in [4.78, 5) is 35.7. The van der Waals surface area contributed by atoms with Gasteiger partial charge in [-0.3, -0.25) is 14.6 Å². The molecule has 0 saturated carbocycles. The predicted octanol–water partition coefficient (Wildman–Crippen LogP) is -0.417. The standard InChI is InChI=1S/C14H16N6O3/c1-2-9-3-5-10(6-4-9)7-16-18-11(21)8-15-12-13(22)17-14(23)20-19-12/h3-7H,2,8H2,1H3,(H,15,19)(H,18,21)(H2,17,20,22,23)/b16-7+. The van der Waals surface area contributed by atoms with Gasteiger partial charge in [0.2, 0.25) is 5.82 Å². The minimum absolute atomic E-state index is 0.154. The average molecular weight is 316 g/mol. The predicted molar refractivity (Wildman–Crippen MR) is 85.5 cm³/mol. The first-order valence-electron chi connectivity index (χ1n) is 6.92. The second-order valence-electron chi connectivity index (χ2n) is 4.60. The lowest BCUT2D eigenvalue weighted by atomic mass is 10.1. The van der Waals surface area contributed by atoms with Crippen molar-refractivity contribution in [1.29, 1.82) is 0 Å². The number of rotatable bonds is 6. The molecule has 0 radical (unpaired) electrons. The summed E-state index contributed by atoms with van der Waals surface area (Å²) in [7, 11) is 0. The van der Waals surface area contributed by atoms with Crippen molar-refractivity contribution >= 4 is 17.9 Å². The molecule has 9 heteroatoms. The summed E-state index contributed by atoms with van der Waals surface area (Å²) < 4.78 is 0. The van der Waals surface area contributed by atoms with Gasteiger partial charge in [-0.05, 0) is 17.5 Å². The zero-order valence-electron chi connectivity index (χ0n) is 12.4. The fourth-order valence-corrected chi connectivity index (χ4v) is 1.69. The Morgan fingerprint density at radius 2 is 2.04 bits per heavy atom. The molecular weight excluding hydrogens is 300 g/mol. The van der Waals surface area contributed by atoms with Crippen LogP contribution < -0.4 is 22.0 Å². The number of anilines is 1. The molecule has 0 fully saturated rings. The molecule has 0 saturated heterocycles. The van der Waals surface area contributed by atoms with E-state index in [0.717, 1.165) is 12.0 Å². The van der Waals surface area contributed by atoms with Gasteiger partial charge >= 0.3 is 5.69 Å². The Bertz CT molecular complexity index is 806. The molecule has 0 bridgehead atoms. The van der Waals surface area contributed by atoms with Gasteiger partial charge in [-0.2, -0.15) is 5.10 Å². The normalized spacial score (nSPS) is 10.7. The van der Waals surface area contributed by atoms with Crippen molar-refractivity contribution in [2.75, 3.05) is 11.9 Å². The van der Waals surface area contributed by atoms with E-state index in [-0.39, 0.29) is 12.4 Å². The van der Waals surface area contributed by atoms with E-state index in [1.54, 1.807) is 0 Å². The quantitative estimate of drug-likeness (QED) is 0.424. The number of nitrogens with one attached hydrogen (secondary N) is 4. The summed E-state index contributed by atoms with van der Waals surface area (Å²) in [5.41, 5.74) is 2.96. The third-order valence-corrected chi connectivity index (χ3v) is 2.92. The topological polar surface area (TPSA) is 132 Å². The van der Waals surface area contributed by atoms with Crippen LogP contribution in [0, 0.1) is 0 Å². The van der Waals surface area contributed by atoms with Crippen LogP contribution in [0.2, 0.25) is 0 Å². The number of H-pyrrole nitrogens is 2. The summed E-state index contributed by atoms with van der Waals surface area (Å²) in [5.74, 6) is -0.613. The fourth-order valence-electron chi connectivity index (χ4n) is 1.69. The van der Waals surface area contributed by atoms with Crippen molar-refractivity contribution in [3.05, 3.63) is 56.2 Å². The molecule has 120 valence electrons. The summed E-state index contributed by atoms with van der Waals surface area (Å²) >= 11 is 0. The number of nitrogens with zero attached hydrogens (tertiary/aromatic N) is 2. The second kappa shape index (κ2) is 7.69. The van der Waals surface area contributed by atoms with Gasteiger partial charge in [-0.1, -0.05) is 31.2 Å². The zero-order chi connectivity index (χ0) is 16.7. The van der Waals surface area contributed by atoms with Crippen molar-refractivity contribution in [3.8, 4) is 0 Å². The number of hydrogen-bond donors (Lipinski definition) is 4. The van der Waals surface area contributed by atoms with Crippen molar-refractivity contribution in [1.82, 2.24) is 20.6 Å². The number of aromatic nitrogens is 3. The minimum atomic E-state index is -0.719. The van der Waals surface area contributed by atoms with Crippen LogP contribution in [0.4, 0.5) is 5.82 Å². The summed E-state index contributed by atoms with van der Waals surface area (Å²) in [6.45, 7) is 1.85. The Hall–Kier alpha value is -3.23. The first-order chi connectivity index (χ1) is 11.1. The molecule has 1 aromatic heterocycles. The van der Waals surface area contributed by atoms with E-state index in [4.69, 9.17) is 0 Å². The third kappa shape index (κ3) is 4.92. The molecule has 0 spiro atoms. The highest BCUT2D eigenvalue weighted by atomic mass is 16.2. The number of hydrazone groups is 1. The maximum atomic E-state index is 11.6. The highest BCUT2D eigenvalue weighted by molar-refractivity contribution is 5.84. The monoisotopic (exact) mass is 316 g/mol. The van der Waals surface area contributed by atoms with Crippen LogP contribution in [0.25, 0.3) is 0 Å². The van der Waals surface area contributed by atoms with E-state index in [1.807, 2.05) is 29.2 Å². The highest BCUT2D eigenvalue weighted by Crippen LogP contribution is 2.02. The van der Waals surface area contributed by atoms with Gasteiger partial charge in [0.05, 0.1) is 12.8 Å². The Labute approximate surface area is 130 Å². The zero-order valence-corrected chi connectivity index (χ0v) is 12.4. The molecule has 0 aliphatic rings. The van der Waals surface area contributed by atoms with E-state index in [1.165, 1.54) is 11.8 Å². The number of amides is 1. The highest BCUT2D eigenvalue weighted by Gasteiger charge is 2.04. The maximum Gasteiger partial charge on any atom is 0.342 e. The van der Waals surface area contributed by atoms with Crippen LogP contribution in [-0.4, -0.2) is 33.8 Å². The Balaban J connectivity index is 1.83. The SMILES string of the molecule is CCc1ccc(/C=N/NC(=O)CNc2n[nH]c(=O)[nH]c2=O)cc1. The number of benzene rings is 1. The van der Waals surface area contributed by atoms with Crippen molar-refractivity contribution < 1.29 is 4.79 Å². The van der Waals surface area contributed by atoms with Crippen LogP contribution >= 0.6 is 0 Å². The van der Waals surface area contributed by atoms with Crippen molar-refractivity contribution in [3.63, 3.8) is 0 Å². The van der Waals surface area contributed by atoms with Gasteiger partial charge in [0, 0.05) is 0 Å². The molecule has 23 heavy (non-hydrogen) atoms. The molecule has 1 amide bonds. The molecule has 0 aliphatic carbocycles. The number of carbonyl (C=O) groups excluding carboxylic acids is 1. The first-order valence-corrected chi connectivity index (χ1v) is 6.92. The van der Waals surface area contributed by atoms with Gasteiger partial charge in [0.25, 0.3) is 11.5 Å². The van der Waals surface area contributed by atoms with E-state index >= 15 is 0 Å². The van der Waals surface area contributed by atoms with Gasteiger partial charge < -0.3 is 5.32 Å². The molecule has 2 aromatic rings. The van der Waals surface area contributed by atoms with E-state index in [9.17, 15) is 14.4 Å². The lowest BCUT2D eigenvalue weighted by Crippen LogP contribution is -2.31. The van der Waals surface area contributed by atoms with Gasteiger partial charge in [-0.25, -0.2) is 15.3 Å². The van der Waals surface area contributed by atoms with Crippen molar-refractivity contribution in [2.45, 2.75) is 13.3 Å². The summed E-state index contributed by atoms with van der Waals surface area (Å²) in [5, 5.41) is 11.8. The van der Waals surface area contributed by atoms with Crippen LogP contribution in [0.5, 0.6) is 0 Å². The summed E-state index contributed by atoms with van der Waals surface area (Å²) in [6, 6.07) is 7.77. The molecule has 2 rings (SSSR count). The second-order valence-corrected chi connectivity index (χ2v) is 4.60. The maximum absolute atomic E-state index is 11.6. The lowest BCUT2D eigenvalue weighted by Gasteiger charge is -2.02. The molecular formula is C14H16N6O3. The molecule has 1 heterocycles. The Morgan fingerprint density at radius 1 is 1.30 bits per heavy atom. The van der Waals surface area contributed by atoms with Crippen LogP contribution in [0.3, 0.4) is 0 Å². The smallest absolute Gasteiger partial charge is 0.342 e. The van der Waals surface area contributed by atoms with Crippen molar-refractivity contribution in [2.24, 2.45) is 5.10 Å². The lowest BCUT2D eigenvalue weighted by molar-refractivity contribution is -0.119. The molecule has 9 nitrogen and oxygen atoms in total.